The number of phenolic OH excluding ortho intramolecular Hbond substituents is 1. The summed E-state index contributed by atoms with van der Waals surface area (Å²) in [6.45, 7) is 7.83. The van der Waals surface area contributed by atoms with Crippen molar-refractivity contribution in [1.82, 2.24) is 5.32 Å². The minimum atomic E-state index is -2.35. The Morgan fingerprint density at radius 2 is 1.77 bits per heavy atom. The SMILES string of the molecule is CCCC(CCC(=O)OC1C(O)C2OC(O)(C=CC2NCC(C)O)C1OC(=O)C(=Cc1ccc(O)c(OC)c1)CC1c2cc(CCO)ccc2CCC1CO)CCC(O)CCC(C)C. The standard InChI is InChI=1S/C50H73NO13/c1-6-7-32(10-17-38(55)16-8-30(2)3)12-19-44(57)62-47-45(58)46-41(51-28-31(4)54)20-22-50(60,64-46)48(47)63-49(59)37(24-34-11-18-42(56)43(26-34)61-5)27-40-36(29-53)15-14-35-13-9-33(21-23-52)25-39(35)40/h9,11,13,18,20,22,24-26,30-32,36,38,40-41,45-48,51-56,58,60H,6-8,10,12,14-17,19,21,23,27-29H2,1-5H3. The fourth-order valence-electron chi connectivity index (χ4n) is 9.38. The molecule has 2 aliphatic heterocycles. The van der Waals surface area contributed by atoms with Crippen LogP contribution >= 0.6 is 0 Å². The molecule has 2 bridgehead atoms. The Bertz CT molecular complexity index is 1880. The van der Waals surface area contributed by atoms with Gasteiger partial charge in [0.1, 0.15) is 12.2 Å². The normalized spacial score (nSPS) is 26.8. The smallest absolute Gasteiger partial charge is 0.334 e. The third kappa shape index (κ3) is 13.6. The monoisotopic (exact) mass is 896 g/mol. The number of hydrogen-bond acceptors (Lipinski definition) is 14. The van der Waals surface area contributed by atoms with Crippen LogP contribution in [0.15, 0.2) is 54.1 Å². The van der Waals surface area contributed by atoms with Gasteiger partial charge in [0.25, 0.3) is 0 Å². The van der Waals surface area contributed by atoms with Crippen LogP contribution in [0.2, 0.25) is 0 Å². The number of aryl methyl sites for hydroxylation is 1. The van der Waals surface area contributed by atoms with E-state index in [1.165, 1.54) is 19.3 Å². The summed E-state index contributed by atoms with van der Waals surface area (Å²) in [4.78, 5) is 28.7. The van der Waals surface area contributed by atoms with Crippen molar-refractivity contribution in [2.45, 2.75) is 159 Å². The van der Waals surface area contributed by atoms with Crippen molar-refractivity contribution < 1.29 is 64.3 Å². The van der Waals surface area contributed by atoms with Crippen molar-refractivity contribution in [3.05, 3.63) is 76.4 Å². The zero-order chi connectivity index (χ0) is 46.6. The zero-order valence-corrected chi connectivity index (χ0v) is 38.2. The second kappa shape index (κ2) is 24.1. The number of ether oxygens (including phenoxy) is 4. The van der Waals surface area contributed by atoms with Crippen molar-refractivity contribution in [2.75, 3.05) is 26.9 Å². The first-order chi connectivity index (χ1) is 30.6. The van der Waals surface area contributed by atoms with E-state index < -0.39 is 60.4 Å². The van der Waals surface area contributed by atoms with Crippen LogP contribution < -0.4 is 10.1 Å². The fraction of sp³-hybridized carbons (Fsp3) is 0.640. The fourth-order valence-corrected chi connectivity index (χ4v) is 9.38. The minimum Gasteiger partial charge on any atom is -0.504 e. The number of fused-ring (bicyclic) bond motifs is 3. The van der Waals surface area contributed by atoms with E-state index in [-0.39, 0.29) is 67.4 Å². The zero-order valence-electron chi connectivity index (χ0n) is 38.2. The molecule has 14 heteroatoms. The van der Waals surface area contributed by atoms with E-state index >= 15 is 0 Å². The summed E-state index contributed by atoms with van der Waals surface area (Å²) in [6, 6.07) is 9.86. The minimum absolute atomic E-state index is 0.0180. The molecule has 64 heavy (non-hydrogen) atoms. The van der Waals surface area contributed by atoms with Crippen molar-refractivity contribution >= 4 is 18.0 Å². The molecule has 14 nitrogen and oxygen atoms in total. The number of phenols is 1. The highest BCUT2D eigenvalue weighted by atomic mass is 16.7. The highest BCUT2D eigenvalue weighted by Gasteiger charge is 2.60. The van der Waals surface area contributed by atoms with Crippen LogP contribution in [-0.2, 0) is 36.6 Å². The number of aliphatic hydroxyl groups excluding tert-OH is 5. The van der Waals surface area contributed by atoms with E-state index in [0.717, 1.165) is 42.4 Å². The number of rotatable bonds is 24. The maximum atomic E-state index is 14.8. The Morgan fingerprint density at radius 1 is 1.00 bits per heavy atom. The predicted octanol–water partition coefficient (Wildman–Crippen LogP) is 5.00. The number of esters is 2. The molecule has 8 N–H and O–H groups in total. The van der Waals surface area contributed by atoms with E-state index in [1.807, 2.05) is 18.2 Å². The van der Waals surface area contributed by atoms with Gasteiger partial charge in [-0.15, -0.1) is 0 Å². The van der Waals surface area contributed by atoms with Crippen LogP contribution in [-0.4, -0.2) is 123 Å². The first-order valence-electron chi connectivity index (χ1n) is 23.3. The summed E-state index contributed by atoms with van der Waals surface area (Å²) in [5, 5.41) is 78.6. The maximum absolute atomic E-state index is 14.8. The molecule has 2 heterocycles. The lowest BCUT2D eigenvalue weighted by Crippen LogP contribution is -2.71. The number of aromatic hydroxyl groups is 1. The Hall–Kier alpha value is -3.86. The van der Waals surface area contributed by atoms with Crippen LogP contribution in [0.3, 0.4) is 0 Å². The first-order valence-corrected chi connectivity index (χ1v) is 23.3. The van der Waals surface area contributed by atoms with Gasteiger partial charge in [0.15, 0.2) is 23.7 Å². The molecule has 0 radical (unpaired) electrons. The molecule has 1 saturated heterocycles. The van der Waals surface area contributed by atoms with Gasteiger partial charge in [-0.25, -0.2) is 4.79 Å². The number of nitrogens with one attached hydrogen (secondary N) is 1. The van der Waals surface area contributed by atoms with Crippen LogP contribution in [0, 0.1) is 17.8 Å². The lowest BCUT2D eigenvalue weighted by molar-refractivity contribution is -0.333. The van der Waals surface area contributed by atoms with Gasteiger partial charge in [0.05, 0.1) is 25.4 Å². The molecule has 0 amide bonds. The second-order valence-corrected chi connectivity index (χ2v) is 18.5. The molecule has 11 unspecified atom stereocenters. The van der Waals surface area contributed by atoms with E-state index in [2.05, 4.69) is 26.1 Å². The topological polar surface area (TPSA) is 225 Å². The summed E-state index contributed by atoms with van der Waals surface area (Å²) in [5.41, 5.74) is 3.49. The molecule has 11 atom stereocenters. The molecule has 2 aromatic rings. The summed E-state index contributed by atoms with van der Waals surface area (Å²) in [7, 11) is 1.40. The molecular weight excluding hydrogens is 823 g/mol. The number of hydrogen-bond donors (Lipinski definition) is 8. The van der Waals surface area contributed by atoms with E-state index in [1.54, 1.807) is 31.2 Å². The highest BCUT2D eigenvalue weighted by molar-refractivity contribution is 5.94. The summed E-state index contributed by atoms with van der Waals surface area (Å²) < 4.78 is 23.7. The van der Waals surface area contributed by atoms with Gasteiger partial charge >= 0.3 is 11.9 Å². The van der Waals surface area contributed by atoms with Gasteiger partial charge in [-0.3, -0.25) is 4.79 Å². The van der Waals surface area contributed by atoms with Crippen LogP contribution in [0.4, 0.5) is 0 Å². The predicted molar refractivity (Wildman–Crippen MR) is 241 cm³/mol. The number of methoxy groups -OCH3 is 1. The number of carbonyl (C=O) groups excluding carboxylic acids is 2. The number of aliphatic hydroxyl groups is 6. The Morgan fingerprint density at radius 3 is 2.45 bits per heavy atom. The molecule has 0 aromatic heterocycles. The lowest BCUT2D eigenvalue weighted by atomic mass is 9.72. The van der Waals surface area contributed by atoms with Crippen LogP contribution in [0.25, 0.3) is 6.08 Å². The molecule has 3 aliphatic rings. The van der Waals surface area contributed by atoms with Crippen LogP contribution in [0.5, 0.6) is 11.5 Å². The molecule has 0 saturated carbocycles. The summed E-state index contributed by atoms with van der Waals surface area (Å²) >= 11 is 0. The third-order valence-electron chi connectivity index (χ3n) is 13.0. The van der Waals surface area contributed by atoms with Crippen molar-refractivity contribution in [1.29, 1.82) is 0 Å². The van der Waals surface area contributed by atoms with Gasteiger partial charge < -0.3 is 60.0 Å². The largest absolute Gasteiger partial charge is 0.504 e. The second-order valence-electron chi connectivity index (χ2n) is 18.5. The molecule has 5 rings (SSSR count). The van der Waals surface area contributed by atoms with Gasteiger partial charge in [0, 0.05) is 31.8 Å². The Balaban J connectivity index is 1.47. The Kier molecular flexibility index (Phi) is 19.2. The molecule has 2 aromatic carbocycles. The number of carbonyl (C=O) groups is 2. The average Bonchev–Trinajstić information content (AvgIpc) is 3.27. The molecule has 1 fully saturated rings. The quantitative estimate of drug-likeness (QED) is 0.0395. The van der Waals surface area contributed by atoms with Crippen molar-refractivity contribution in [3.8, 4) is 11.5 Å². The number of benzene rings is 2. The maximum Gasteiger partial charge on any atom is 0.334 e. The van der Waals surface area contributed by atoms with Gasteiger partial charge in [-0.1, -0.05) is 64.0 Å². The van der Waals surface area contributed by atoms with Gasteiger partial charge in [-0.2, -0.15) is 0 Å². The van der Waals surface area contributed by atoms with Crippen LogP contribution in [0.1, 0.15) is 120 Å². The summed E-state index contributed by atoms with van der Waals surface area (Å²) in [5.74, 6) is -3.85. The molecule has 356 valence electrons. The third-order valence-corrected chi connectivity index (χ3v) is 13.0. The average molecular weight is 896 g/mol. The molecular formula is C50H73NO13. The van der Waals surface area contributed by atoms with Crippen molar-refractivity contribution in [2.24, 2.45) is 17.8 Å². The molecule has 1 aliphatic carbocycles. The lowest BCUT2D eigenvalue weighted by Gasteiger charge is -2.51. The van der Waals surface area contributed by atoms with Crippen molar-refractivity contribution in [3.63, 3.8) is 0 Å². The van der Waals surface area contributed by atoms with E-state index in [0.29, 0.717) is 50.0 Å². The Labute approximate surface area is 378 Å². The van der Waals surface area contributed by atoms with E-state index in [9.17, 15) is 45.3 Å². The molecule has 0 spiro atoms. The highest BCUT2D eigenvalue weighted by Crippen LogP contribution is 2.43. The van der Waals surface area contributed by atoms with E-state index in [4.69, 9.17) is 18.9 Å². The van der Waals surface area contributed by atoms with Gasteiger partial charge in [-0.05, 0) is 135 Å². The summed E-state index contributed by atoms with van der Waals surface area (Å²) in [6.07, 6.45) is 4.23. The van der Waals surface area contributed by atoms with Gasteiger partial charge in [0.2, 0.25) is 5.79 Å². The first kappa shape index (κ1) is 51.1.